The standard InChI is InChI=1S/C29H20N2/c1-4-12-21(13-5-1)27-28-25(24-18-10-11-19-26(24)30-28)20-31(23-16-8-3-9-17-23)29(27)22-14-6-2-7-15-22/h1-20H/p+1. The van der Waals surface area contributed by atoms with E-state index in [1.54, 1.807) is 0 Å². The lowest BCUT2D eigenvalue weighted by Gasteiger charge is -2.12. The Morgan fingerprint density at radius 1 is 0.516 bits per heavy atom. The maximum atomic E-state index is 3.72. The number of nitrogens with one attached hydrogen (secondary N) is 1. The Labute approximate surface area is 181 Å². The van der Waals surface area contributed by atoms with E-state index >= 15 is 0 Å². The van der Waals surface area contributed by atoms with Crippen LogP contribution in [0.4, 0.5) is 0 Å². The zero-order valence-corrected chi connectivity index (χ0v) is 17.0. The number of para-hydroxylation sites is 2. The van der Waals surface area contributed by atoms with Crippen molar-refractivity contribution in [3.63, 3.8) is 0 Å². The first-order chi connectivity index (χ1) is 15.4. The molecule has 0 amide bonds. The summed E-state index contributed by atoms with van der Waals surface area (Å²) in [5.74, 6) is 0. The van der Waals surface area contributed by atoms with Crippen molar-refractivity contribution in [2.24, 2.45) is 0 Å². The maximum Gasteiger partial charge on any atom is 0.228 e. The van der Waals surface area contributed by atoms with Crippen molar-refractivity contribution < 1.29 is 4.57 Å². The van der Waals surface area contributed by atoms with Gasteiger partial charge in [0.15, 0.2) is 6.20 Å². The monoisotopic (exact) mass is 397 g/mol. The van der Waals surface area contributed by atoms with Crippen LogP contribution in [0.5, 0.6) is 0 Å². The zero-order chi connectivity index (χ0) is 20.6. The van der Waals surface area contributed by atoms with E-state index in [9.17, 15) is 0 Å². The maximum absolute atomic E-state index is 3.72. The summed E-state index contributed by atoms with van der Waals surface area (Å²) in [6.45, 7) is 0. The largest absolute Gasteiger partial charge is 0.354 e. The number of fused-ring (bicyclic) bond motifs is 3. The van der Waals surface area contributed by atoms with Gasteiger partial charge in [0.25, 0.3) is 0 Å². The molecule has 0 saturated heterocycles. The Morgan fingerprint density at radius 3 is 1.81 bits per heavy atom. The molecule has 0 fully saturated rings. The quantitative estimate of drug-likeness (QED) is 0.312. The number of hydrogen-bond donors (Lipinski definition) is 1. The predicted octanol–water partition coefficient (Wildman–Crippen LogP) is 6.93. The molecule has 4 aromatic carbocycles. The highest BCUT2D eigenvalue weighted by Crippen LogP contribution is 2.38. The molecule has 2 nitrogen and oxygen atoms in total. The van der Waals surface area contributed by atoms with Gasteiger partial charge in [-0.25, -0.2) is 0 Å². The Morgan fingerprint density at radius 2 is 1.10 bits per heavy atom. The van der Waals surface area contributed by atoms with Crippen molar-refractivity contribution >= 4 is 21.8 Å². The van der Waals surface area contributed by atoms with Gasteiger partial charge in [0, 0.05) is 28.6 Å². The van der Waals surface area contributed by atoms with Crippen LogP contribution in [0.1, 0.15) is 0 Å². The van der Waals surface area contributed by atoms with E-state index in [-0.39, 0.29) is 0 Å². The van der Waals surface area contributed by atoms with Gasteiger partial charge in [-0.2, -0.15) is 4.57 Å². The van der Waals surface area contributed by atoms with Gasteiger partial charge >= 0.3 is 0 Å². The van der Waals surface area contributed by atoms with Crippen LogP contribution in [0.2, 0.25) is 0 Å². The topological polar surface area (TPSA) is 19.7 Å². The molecule has 6 aromatic rings. The molecule has 0 saturated carbocycles. The van der Waals surface area contributed by atoms with Crippen LogP contribution in [-0.4, -0.2) is 4.98 Å². The molecule has 0 aliphatic heterocycles. The highest BCUT2D eigenvalue weighted by Gasteiger charge is 2.27. The number of hydrogen-bond acceptors (Lipinski definition) is 0. The third-order valence-corrected chi connectivity index (χ3v) is 5.88. The molecule has 31 heavy (non-hydrogen) atoms. The molecule has 0 radical (unpaired) electrons. The Balaban J connectivity index is 1.85. The predicted molar refractivity (Wildman–Crippen MR) is 128 cm³/mol. The second-order valence-electron chi connectivity index (χ2n) is 7.75. The molecule has 0 atom stereocenters. The van der Waals surface area contributed by atoms with Crippen LogP contribution >= 0.6 is 0 Å². The van der Waals surface area contributed by atoms with Crippen molar-refractivity contribution in [1.82, 2.24) is 4.98 Å². The molecule has 1 N–H and O–H groups in total. The van der Waals surface area contributed by atoms with Crippen molar-refractivity contribution in [2.45, 2.75) is 0 Å². The molecule has 0 unspecified atom stereocenters. The molecule has 146 valence electrons. The summed E-state index contributed by atoms with van der Waals surface area (Å²) in [7, 11) is 0. The van der Waals surface area contributed by atoms with Gasteiger partial charge in [0.05, 0.1) is 16.5 Å². The number of H-pyrrole nitrogens is 1. The van der Waals surface area contributed by atoms with Crippen molar-refractivity contribution in [3.05, 3.63) is 121 Å². The van der Waals surface area contributed by atoms with E-state index in [0.717, 1.165) is 11.2 Å². The lowest BCUT2D eigenvalue weighted by atomic mass is 9.96. The molecule has 0 aliphatic rings. The first-order valence-corrected chi connectivity index (χ1v) is 10.6. The molecule has 0 aliphatic carbocycles. The van der Waals surface area contributed by atoms with E-state index in [1.165, 1.54) is 38.7 Å². The van der Waals surface area contributed by atoms with Crippen molar-refractivity contribution in [2.75, 3.05) is 0 Å². The summed E-state index contributed by atoms with van der Waals surface area (Å²) in [5.41, 5.74) is 8.24. The van der Waals surface area contributed by atoms with Gasteiger partial charge in [-0.05, 0) is 23.8 Å². The van der Waals surface area contributed by atoms with E-state index < -0.39 is 0 Å². The van der Waals surface area contributed by atoms with E-state index in [1.807, 2.05) is 0 Å². The molecule has 2 heteroatoms. The fourth-order valence-corrected chi connectivity index (χ4v) is 4.48. The summed E-state index contributed by atoms with van der Waals surface area (Å²) in [6.07, 6.45) is 2.28. The average Bonchev–Trinajstić information content (AvgIpc) is 3.23. The van der Waals surface area contributed by atoms with Crippen molar-refractivity contribution in [3.8, 4) is 28.1 Å². The fraction of sp³-hybridized carbons (Fsp3) is 0. The average molecular weight is 398 g/mol. The van der Waals surface area contributed by atoms with E-state index in [0.29, 0.717) is 0 Å². The molecule has 0 bridgehead atoms. The molecule has 6 rings (SSSR count). The minimum Gasteiger partial charge on any atom is -0.354 e. The second kappa shape index (κ2) is 7.26. The van der Waals surface area contributed by atoms with Crippen LogP contribution in [0, 0.1) is 0 Å². The Bertz CT molecular complexity index is 1500. The molecule has 2 heterocycles. The van der Waals surface area contributed by atoms with E-state index in [2.05, 4.69) is 131 Å². The summed E-state index contributed by atoms with van der Waals surface area (Å²) in [6, 6.07) is 40.5. The number of rotatable bonds is 3. The van der Waals surface area contributed by atoms with Crippen LogP contribution in [0.3, 0.4) is 0 Å². The first kappa shape index (κ1) is 17.7. The number of benzene rings is 4. The highest BCUT2D eigenvalue weighted by molar-refractivity contribution is 6.13. The van der Waals surface area contributed by atoms with E-state index in [4.69, 9.17) is 0 Å². The lowest BCUT2D eigenvalue weighted by Crippen LogP contribution is -2.33. The molecule has 2 aromatic heterocycles. The number of aromatic nitrogens is 2. The molecular formula is C29H21N2+. The molecular weight excluding hydrogens is 376 g/mol. The summed E-state index contributed by atoms with van der Waals surface area (Å²) >= 11 is 0. The third-order valence-electron chi connectivity index (χ3n) is 5.88. The van der Waals surface area contributed by atoms with Gasteiger partial charge in [-0.3, -0.25) is 0 Å². The summed E-state index contributed by atoms with van der Waals surface area (Å²) in [4.78, 5) is 3.72. The highest BCUT2D eigenvalue weighted by atomic mass is 15.0. The van der Waals surface area contributed by atoms with Gasteiger partial charge in [0.1, 0.15) is 0 Å². The molecule has 0 spiro atoms. The van der Waals surface area contributed by atoms with Gasteiger partial charge in [-0.1, -0.05) is 84.9 Å². The lowest BCUT2D eigenvalue weighted by molar-refractivity contribution is -0.581. The normalized spacial score (nSPS) is 11.2. The number of nitrogens with zero attached hydrogens (tertiary/aromatic N) is 1. The van der Waals surface area contributed by atoms with Gasteiger partial charge < -0.3 is 4.98 Å². The smallest absolute Gasteiger partial charge is 0.228 e. The van der Waals surface area contributed by atoms with Crippen LogP contribution in [0.25, 0.3) is 49.9 Å². The zero-order valence-electron chi connectivity index (χ0n) is 17.0. The SMILES string of the molecule is c1ccc(-c2c(-c3ccccc3)[n+](-c3ccccc3)cc3c2[nH]c2ccccc23)cc1. The second-order valence-corrected chi connectivity index (χ2v) is 7.75. The minimum absolute atomic E-state index is 1.14. The minimum atomic E-state index is 1.14. The van der Waals surface area contributed by atoms with Gasteiger partial charge in [0.2, 0.25) is 11.4 Å². The summed E-state index contributed by atoms with van der Waals surface area (Å²) < 4.78 is 2.33. The first-order valence-electron chi connectivity index (χ1n) is 10.6. The fourth-order valence-electron chi connectivity index (χ4n) is 4.48. The third kappa shape index (κ3) is 2.92. The number of aromatic amines is 1. The summed E-state index contributed by atoms with van der Waals surface area (Å²) in [5, 5.41) is 2.46. The van der Waals surface area contributed by atoms with Gasteiger partial charge in [-0.15, -0.1) is 0 Å². The van der Waals surface area contributed by atoms with Crippen molar-refractivity contribution in [1.29, 1.82) is 0 Å². The Kier molecular flexibility index (Phi) is 4.14. The Hall–Kier alpha value is -4.17. The number of pyridine rings is 1. The van der Waals surface area contributed by atoms with Crippen LogP contribution in [0.15, 0.2) is 121 Å². The van der Waals surface area contributed by atoms with Crippen LogP contribution < -0.4 is 4.57 Å². The van der Waals surface area contributed by atoms with Crippen LogP contribution in [-0.2, 0) is 0 Å².